The van der Waals surface area contributed by atoms with E-state index in [0.29, 0.717) is 6.54 Å². The van der Waals surface area contributed by atoms with Crippen LogP contribution in [0.2, 0.25) is 0 Å². The Labute approximate surface area is 85.7 Å². The van der Waals surface area contributed by atoms with E-state index in [9.17, 15) is 4.79 Å². The van der Waals surface area contributed by atoms with E-state index in [0.717, 1.165) is 16.6 Å². The van der Waals surface area contributed by atoms with Gasteiger partial charge in [0.25, 0.3) is 0 Å². The van der Waals surface area contributed by atoms with Gasteiger partial charge >= 0.3 is 0 Å². The van der Waals surface area contributed by atoms with Gasteiger partial charge in [-0.2, -0.15) is 0 Å². The van der Waals surface area contributed by atoms with Crippen LogP contribution in [-0.4, -0.2) is 17.4 Å². The van der Waals surface area contributed by atoms with E-state index in [2.05, 4.69) is 26.2 Å². The molecule has 0 fully saturated rings. The van der Waals surface area contributed by atoms with Crippen LogP contribution in [0.3, 0.4) is 0 Å². The summed E-state index contributed by atoms with van der Waals surface area (Å²) in [5.41, 5.74) is 1.11. The van der Waals surface area contributed by atoms with Crippen molar-refractivity contribution in [2.24, 2.45) is 0 Å². The van der Waals surface area contributed by atoms with Gasteiger partial charge in [0.15, 0.2) is 0 Å². The molecule has 70 valence electrons. The Morgan fingerprint density at radius 1 is 1.69 bits per heavy atom. The molecular weight excluding hydrogens is 232 g/mol. The van der Waals surface area contributed by atoms with Crippen molar-refractivity contribution in [2.45, 2.75) is 13.3 Å². The summed E-state index contributed by atoms with van der Waals surface area (Å²) in [5.74, 6) is 0.0000118. The number of aromatic nitrogens is 1. The average Bonchev–Trinajstić information content (AvgIpc) is 2.08. The fourth-order valence-electron chi connectivity index (χ4n) is 0.979. The van der Waals surface area contributed by atoms with E-state index in [4.69, 9.17) is 0 Å². The van der Waals surface area contributed by atoms with E-state index in [1.165, 1.54) is 6.92 Å². The van der Waals surface area contributed by atoms with Crippen LogP contribution in [0.1, 0.15) is 12.5 Å². The van der Waals surface area contributed by atoms with Crippen molar-refractivity contribution >= 4 is 21.8 Å². The predicted molar refractivity (Wildman–Crippen MR) is 54.3 cm³/mol. The van der Waals surface area contributed by atoms with Gasteiger partial charge in [0.2, 0.25) is 5.91 Å². The number of rotatable bonds is 3. The van der Waals surface area contributed by atoms with Crippen LogP contribution >= 0.6 is 15.9 Å². The van der Waals surface area contributed by atoms with Crippen molar-refractivity contribution in [2.75, 3.05) is 6.54 Å². The summed E-state index contributed by atoms with van der Waals surface area (Å²) in [6.45, 7) is 2.16. The first kappa shape index (κ1) is 10.2. The van der Waals surface area contributed by atoms with Gasteiger partial charge < -0.3 is 5.32 Å². The number of amides is 1. The number of hydrogen-bond donors (Lipinski definition) is 1. The Kier molecular flexibility index (Phi) is 3.89. The molecule has 1 amide bonds. The number of hydrogen-bond acceptors (Lipinski definition) is 2. The molecule has 3 nitrogen and oxygen atoms in total. The molecule has 4 heteroatoms. The molecule has 1 rings (SSSR count). The molecule has 0 aromatic carbocycles. The smallest absolute Gasteiger partial charge is 0.216 e. The summed E-state index contributed by atoms with van der Waals surface area (Å²) >= 11 is 3.34. The van der Waals surface area contributed by atoms with E-state index in [1.54, 1.807) is 6.20 Å². The van der Waals surface area contributed by atoms with Crippen molar-refractivity contribution in [1.82, 2.24) is 10.3 Å². The molecule has 0 aliphatic heterocycles. The Morgan fingerprint density at radius 3 is 3.08 bits per heavy atom. The Morgan fingerprint density at radius 2 is 2.46 bits per heavy atom. The Bertz CT molecular complexity index is 301. The van der Waals surface area contributed by atoms with Gasteiger partial charge in [-0.15, -0.1) is 0 Å². The summed E-state index contributed by atoms with van der Waals surface area (Å²) in [4.78, 5) is 14.7. The van der Waals surface area contributed by atoms with E-state index in [1.807, 2.05) is 12.1 Å². The summed E-state index contributed by atoms with van der Waals surface area (Å²) in [5, 5.41) is 2.73. The minimum Gasteiger partial charge on any atom is -0.356 e. The molecule has 0 atom stereocenters. The molecule has 0 saturated heterocycles. The molecule has 0 unspecified atom stereocenters. The van der Waals surface area contributed by atoms with Crippen LogP contribution < -0.4 is 5.32 Å². The molecule has 13 heavy (non-hydrogen) atoms. The number of halogens is 1. The summed E-state index contributed by atoms with van der Waals surface area (Å²) in [7, 11) is 0. The molecule has 1 N–H and O–H groups in total. The van der Waals surface area contributed by atoms with Crippen molar-refractivity contribution in [1.29, 1.82) is 0 Å². The zero-order valence-electron chi connectivity index (χ0n) is 7.38. The number of carbonyl (C=O) groups excluding carboxylic acids is 1. The molecule has 1 aromatic heterocycles. The fourth-order valence-corrected chi connectivity index (χ4v) is 1.43. The Balaban J connectivity index is 2.45. The van der Waals surface area contributed by atoms with Crippen molar-refractivity contribution < 1.29 is 4.79 Å². The van der Waals surface area contributed by atoms with Crippen LogP contribution in [0.15, 0.2) is 22.9 Å². The van der Waals surface area contributed by atoms with Gasteiger partial charge in [-0.25, -0.2) is 4.98 Å². The highest BCUT2D eigenvalue weighted by atomic mass is 79.9. The highest BCUT2D eigenvalue weighted by Crippen LogP contribution is 2.12. The number of carbonyl (C=O) groups is 1. The molecule has 1 aromatic rings. The standard InChI is InChI=1S/C9H11BrN2O/c1-7(13)11-6-4-8-3-2-5-12-9(8)10/h2-3,5H,4,6H2,1H3,(H,11,13). The van der Waals surface area contributed by atoms with Gasteiger partial charge in [-0.1, -0.05) is 6.07 Å². The van der Waals surface area contributed by atoms with Crippen molar-refractivity contribution in [3.05, 3.63) is 28.5 Å². The van der Waals surface area contributed by atoms with Gasteiger partial charge in [0.05, 0.1) is 0 Å². The molecule has 1 heterocycles. The first-order valence-corrected chi connectivity index (χ1v) is 4.83. The van der Waals surface area contributed by atoms with Gasteiger partial charge in [-0.3, -0.25) is 4.79 Å². The van der Waals surface area contributed by atoms with Crippen LogP contribution in [0.25, 0.3) is 0 Å². The zero-order valence-corrected chi connectivity index (χ0v) is 8.97. The maximum Gasteiger partial charge on any atom is 0.216 e. The van der Waals surface area contributed by atoms with Gasteiger partial charge in [-0.05, 0) is 34.0 Å². The quantitative estimate of drug-likeness (QED) is 0.818. The van der Waals surface area contributed by atoms with Crippen LogP contribution in [0, 0.1) is 0 Å². The van der Waals surface area contributed by atoms with Gasteiger partial charge in [0.1, 0.15) is 4.60 Å². The highest BCUT2D eigenvalue weighted by Gasteiger charge is 1.99. The summed E-state index contributed by atoms with van der Waals surface area (Å²) in [6, 6.07) is 3.87. The van der Waals surface area contributed by atoms with E-state index >= 15 is 0 Å². The Hall–Kier alpha value is -0.900. The number of nitrogens with zero attached hydrogens (tertiary/aromatic N) is 1. The summed E-state index contributed by atoms with van der Waals surface area (Å²) < 4.78 is 0.848. The first-order valence-electron chi connectivity index (χ1n) is 4.04. The van der Waals surface area contributed by atoms with Crippen molar-refractivity contribution in [3.8, 4) is 0 Å². The predicted octanol–water partition coefficient (Wildman–Crippen LogP) is 1.52. The molecule has 0 aliphatic carbocycles. The lowest BCUT2D eigenvalue weighted by Crippen LogP contribution is -2.22. The molecule has 0 radical (unpaired) electrons. The average molecular weight is 243 g/mol. The SMILES string of the molecule is CC(=O)NCCc1cccnc1Br. The largest absolute Gasteiger partial charge is 0.356 e. The minimum absolute atomic E-state index is 0.0000118. The first-order chi connectivity index (χ1) is 6.20. The maximum atomic E-state index is 10.6. The van der Waals surface area contributed by atoms with Crippen LogP contribution in [-0.2, 0) is 11.2 Å². The van der Waals surface area contributed by atoms with Crippen LogP contribution in [0.4, 0.5) is 0 Å². The summed E-state index contributed by atoms with van der Waals surface area (Å²) in [6.07, 6.45) is 2.53. The third kappa shape index (κ3) is 3.55. The topological polar surface area (TPSA) is 42.0 Å². The molecule has 0 saturated carbocycles. The molecule has 0 aliphatic rings. The lowest BCUT2D eigenvalue weighted by Gasteiger charge is -2.03. The lowest BCUT2D eigenvalue weighted by molar-refractivity contribution is -0.118. The van der Waals surface area contributed by atoms with Gasteiger partial charge in [0, 0.05) is 19.7 Å². The molecule has 0 bridgehead atoms. The molecule has 0 spiro atoms. The third-order valence-corrected chi connectivity index (χ3v) is 2.32. The third-order valence-electron chi connectivity index (χ3n) is 1.60. The minimum atomic E-state index is 0.0000118. The maximum absolute atomic E-state index is 10.6. The van der Waals surface area contributed by atoms with Crippen molar-refractivity contribution in [3.63, 3.8) is 0 Å². The monoisotopic (exact) mass is 242 g/mol. The van der Waals surface area contributed by atoms with E-state index < -0.39 is 0 Å². The second-order valence-corrected chi connectivity index (χ2v) is 3.44. The van der Waals surface area contributed by atoms with E-state index in [-0.39, 0.29) is 5.91 Å². The van der Waals surface area contributed by atoms with Crippen LogP contribution in [0.5, 0.6) is 0 Å². The zero-order chi connectivity index (χ0) is 9.68. The molecular formula is C9H11BrN2O. The fraction of sp³-hybridized carbons (Fsp3) is 0.333. The highest BCUT2D eigenvalue weighted by molar-refractivity contribution is 9.10. The second kappa shape index (κ2) is 4.97. The lowest BCUT2D eigenvalue weighted by atomic mass is 10.2. The number of nitrogens with one attached hydrogen (secondary N) is 1. The number of pyridine rings is 1. The normalized spacial score (nSPS) is 9.69. The second-order valence-electron chi connectivity index (χ2n) is 2.69.